The molecule has 5 aromatic carbocycles. The molecule has 0 radical (unpaired) electrons. The lowest BCUT2D eigenvalue weighted by molar-refractivity contribution is 0.104. The van der Waals surface area contributed by atoms with Gasteiger partial charge in [0, 0.05) is 17.3 Å². The third-order valence-corrected chi connectivity index (χ3v) is 6.29. The molecule has 0 atom stereocenters. The molecule has 0 unspecified atom stereocenters. The predicted octanol–water partition coefficient (Wildman–Crippen LogP) is 7.88. The van der Waals surface area contributed by atoms with Gasteiger partial charge < -0.3 is 5.73 Å². The van der Waals surface area contributed by atoms with E-state index in [1.807, 2.05) is 48.5 Å². The lowest BCUT2D eigenvalue weighted by Gasteiger charge is -2.18. The number of benzene rings is 5. The van der Waals surface area contributed by atoms with E-state index in [0.29, 0.717) is 11.3 Å². The largest absolute Gasteiger partial charge is 0.398 e. The summed E-state index contributed by atoms with van der Waals surface area (Å²) in [4.78, 5) is 12.6. The average molecular weight is 478 g/mol. The van der Waals surface area contributed by atoms with Crippen LogP contribution in [0.15, 0.2) is 152 Å². The van der Waals surface area contributed by atoms with Crippen LogP contribution < -0.4 is 5.73 Å². The Morgan fingerprint density at radius 3 is 1.08 bits per heavy atom. The Hall–Kier alpha value is -4.95. The molecule has 0 saturated carbocycles. The van der Waals surface area contributed by atoms with E-state index in [4.69, 9.17) is 5.73 Å². The van der Waals surface area contributed by atoms with Gasteiger partial charge in [-0.15, -0.1) is 0 Å². The molecule has 5 aromatic rings. The van der Waals surface area contributed by atoms with Gasteiger partial charge in [0.1, 0.15) is 0 Å². The highest BCUT2D eigenvalue weighted by Crippen LogP contribution is 2.37. The molecule has 2 heteroatoms. The van der Waals surface area contributed by atoms with Gasteiger partial charge in [-0.05, 0) is 39.0 Å². The Bertz CT molecular complexity index is 1490. The van der Waals surface area contributed by atoms with Crippen LogP contribution in [0.2, 0.25) is 0 Å². The molecule has 0 bridgehead atoms. The van der Waals surface area contributed by atoms with Gasteiger partial charge in [-0.25, -0.2) is 0 Å². The molecule has 0 aliphatic heterocycles. The minimum absolute atomic E-state index is 0.109. The highest BCUT2D eigenvalue weighted by Gasteiger charge is 2.16. The van der Waals surface area contributed by atoms with Crippen LogP contribution in [0.1, 0.15) is 38.2 Å². The second kappa shape index (κ2) is 11.2. The van der Waals surface area contributed by atoms with Crippen molar-refractivity contribution in [3.63, 3.8) is 0 Å². The van der Waals surface area contributed by atoms with Crippen LogP contribution in [-0.2, 0) is 0 Å². The van der Waals surface area contributed by atoms with Crippen LogP contribution in [0.3, 0.4) is 0 Å². The lowest BCUT2D eigenvalue weighted by Crippen LogP contribution is -2.03. The van der Waals surface area contributed by atoms with Crippen molar-refractivity contribution in [3.8, 4) is 0 Å². The van der Waals surface area contributed by atoms with Crippen molar-refractivity contribution >= 4 is 22.6 Å². The van der Waals surface area contributed by atoms with Gasteiger partial charge in [0.15, 0.2) is 5.78 Å². The molecule has 0 aliphatic rings. The van der Waals surface area contributed by atoms with Gasteiger partial charge in [0.2, 0.25) is 0 Å². The van der Waals surface area contributed by atoms with Gasteiger partial charge in [0.25, 0.3) is 0 Å². The molecular weight excluding hydrogens is 450 g/mol. The van der Waals surface area contributed by atoms with E-state index < -0.39 is 0 Å². The number of allylic oxidation sites excluding steroid dienone is 1. The first-order valence-electron chi connectivity index (χ1n) is 12.3. The zero-order valence-corrected chi connectivity index (χ0v) is 20.4. The number of ketones is 1. The lowest BCUT2D eigenvalue weighted by atomic mass is 9.85. The first kappa shape index (κ1) is 23.8. The Balaban J connectivity index is 1.63. The van der Waals surface area contributed by atoms with Gasteiger partial charge in [-0.2, -0.15) is 0 Å². The summed E-state index contributed by atoms with van der Waals surface area (Å²) in [5, 5.41) is 0. The Morgan fingerprint density at radius 1 is 0.405 bits per heavy atom. The average Bonchev–Trinajstić information content (AvgIpc) is 2.98. The fourth-order valence-corrected chi connectivity index (χ4v) is 4.46. The maximum Gasteiger partial charge on any atom is 0.187 e. The minimum Gasteiger partial charge on any atom is -0.398 e. The Labute approximate surface area is 218 Å². The van der Waals surface area contributed by atoms with Gasteiger partial charge in [-0.1, -0.05) is 146 Å². The summed E-state index contributed by atoms with van der Waals surface area (Å²) in [6.45, 7) is 0. The molecule has 37 heavy (non-hydrogen) atoms. The monoisotopic (exact) mass is 477 g/mol. The molecule has 178 valence electrons. The number of rotatable bonds is 7. The summed E-state index contributed by atoms with van der Waals surface area (Å²) in [7, 11) is 0. The van der Waals surface area contributed by atoms with Crippen LogP contribution in [0.5, 0.6) is 0 Å². The van der Waals surface area contributed by atoms with Crippen LogP contribution >= 0.6 is 0 Å². The van der Waals surface area contributed by atoms with Crippen molar-refractivity contribution in [1.29, 1.82) is 0 Å². The van der Waals surface area contributed by atoms with Crippen LogP contribution in [0.4, 0.5) is 0 Å². The van der Waals surface area contributed by atoms with E-state index in [1.54, 1.807) is 12.1 Å². The van der Waals surface area contributed by atoms with Crippen LogP contribution in [-0.4, -0.2) is 5.78 Å². The van der Waals surface area contributed by atoms with Crippen LogP contribution in [0, 0.1) is 0 Å². The molecule has 0 heterocycles. The summed E-state index contributed by atoms with van der Waals surface area (Å²) in [6.07, 6.45) is 1.50. The Kier molecular flexibility index (Phi) is 7.19. The highest BCUT2D eigenvalue weighted by atomic mass is 16.1. The SMILES string of the molecule is N/C(=C\C(=O)c1ccccc1)c1ccc(C(=C(c2ccccc2)c2ccccc2)c2ccccc2)cc1. The second-order valence-electron chi connectivity index (χ2n) is 8.76. The summed E-state index contributed by atoms with van der Waals surface area (Å²) >= 11 is 0. The number of hydrogen-bond donors (Lipinski definition) is 1. The number of carbonyl (C=O) groups is 1. The van der Waals surface area contributed by atoms with Crippen molar-refractivity contribution in [1.82, 2.24) is 0 Å². The van der Waals surface area contributed by atoms with E-state index in [9.17, 15) is 4.79 Å². The fourth-order valence-electron chi connectivity index (χ4n) is 4.46. The zero-order valence-electron chi connectivity index (χ0n) is 20.4. The molecule has 0 aliphatic carbocycles. The normalized spacial score (nSPS) is 11.1. The smallest absolute Gasteiger partial charge is 0.187 e. The quantitative estimate of drug-likeness (QED) is 0.147. The number of nitrogens with two attached hydrogens (primary N) is 1. The molecular formula is C35H27NO. The maximum absolute atomic E-state index is 12.6. The summed E-state index contributed by atoms with van der Waals surface area (Å²) < 4.78 is 0. The second-order valence-corrected chi connectivity index (χ2v) is 8.76. The van der Waals surface area contributed by atoms with Crippen molar-refractivity contribution in [2.75, 3.05) is 0 Å². The van der Waals surface area contributed by atoms with E-state index in [1.165, 1.54) is 6.08 Å². The number of carbonyl (C=O) groups excluding carboxylic acids is 1. The standard InChI is InChI=1S/C35H27NO/c36-32(25-33(37)27-13-5-1-6-14-27)26-21-23-31(24-22-26)35(30-19-11-4-12-20-30)34(28-15-7-2-8-16-28)29-17-9-3-10-18-29/h1-25H,36H2/b32-25-. The van der Waals surface area contributed by atoms with Crippen molar-refractivity contribution in [2.45, 2.75) is 0 Å². The Morgan fingerprint density at radius 2 is 0.703 bits per heavy atom. The molecule has 2 N–H and O–H groups in total. The summed E-state index contributed by atoms with van der Waals surface area (Å²) in [5.74, 6) is -0.109. The van der Waals surface area contributed by atoms with Gasteiger partial charge in [0.05, 0.1) is 0 Å². The zero-order chi connectivity index (χ0) is 25.5. The molecule has 0 amide bonds. The molecule has 0 aromatic heterocycles. The molecule has 0 spiro atoms. The third-order valence-electron chi connectivity index (χ3n) is 6.29. The van der Waals surface area contributed by atoms with Crippen LogP contribution in [0.25, 0.3) is 16.8 Å². The number of hydrogen-bond acceptors (Lipinski definition) is 2. The first-order chi connectivity index (χ1) is 18.2. The maximum atomic E-state index is 12.6. The van der Waals surface area contributed by atoms with E-state index in [2.05, 4.69) is 84.9 Å². The molecule has 5 rings (SSSR count). The minimum atomic E-state index is -0.109. The van der Waals surface area contributed by atoms with Crippen molar-refractivity contribution < 1.29 is 4.79 Å². The van der Waals surface area contributed by atoms with E-state index >= 15 is 0 Å². The first-order valence-corrected chi connectivity index (χ1v) is 12.3. The molecule has 0 fully saturated rings. The summed E-state index contributed by atoms with van der Waals surface area (Å²) in [5.41, 5.74) is 15.0. The van der Waals surface area contributed by atoms with Crippen molar-refractivity contribution in [2.24, 2.45) is 5.73 Å². The van der Waals surface area contributed by atoms with Crippen molar-refractivity contribution in [3.05, 3.63) is 185 Å². The molecule has 0 saturated heterocycles. The summed E-state index contributed by atoms with van der Waals surface area (Å²) in [6, 6.07) is 48.7. The predicted molar refractivity (Wildman–Crippen MR) is 154 cm³/mol. The third kappa shape index (κ3) is 5.50. The van der Waals surface area contributed by atoms with E-state index in [-0.39, 0.29) is 5.78 Å². The molecule has 2 nitrogen and oxygen atoms in total. The topological polar surface area (TPSA) is 43.1 Å². The van der Waals surface area contributed by atoms with E-state index in [0.717, 1.165) is 39.0 Å². The van der Waals surface area contributed by atoms with Gasteiger partial charge >= 0.3 is 0 Å². The fraction of sp³-hybridized carbons (Fsp3) is 0. The van der Waals surface area contributed by atoms with Gasteiger partial charge in [-0.3, -0.25) is 4.79 Å². The highest BCUT2D eigenvalue weighted by molar-refractivity contribution is 6.08.